The Morgan fingerprint density at radius 2 is 2.28 bits per heavy atom. The molecule has 1 heterocycles. The number of carbonyl (C=O) groups is 1. The van der Waals surface area contributed by atoms with E-state index in [1.165, 1.54) is 24.4 Å². The highest BCUT2D eigenvalue weighted by molar-refractivity contribution is 7.80. The van der Waals surface area contributed by atoms with Crippen LogP contribution in [0.15, 0.2) is 24.4 Å². The standard InChI is InChI=1S/C10H8FN5OS/c11-5-2-1-3-6(8(5)9(12)18)14-10(17)7-4-13-16-15-7/h1-4H,(H2,12,18)(H,14,17)(H,13,15,16). The van der Waals surface area contributed by atoms with E-state index in [9.17, 15) is 9.18 Å². The number of nitrogens with one attached hydrogen (secondary N) is 2. The zero-order valence-electron chi connectivity index (χ0n) is 8.98. The van der Waals surface area contributed by atoms with Crippen molar-refractivity contribution in [3.8, 4) is 0 Å². The molecular formula is C10H8FN5OS. The maximum Gasteiger partial charge on any atom is 0.277 e. The minimum absolute atomic E-state index is 0.00987. The summed E-state index contributed by atoms with van der Waals surface area (Å²) < 4.78 is 13.5. The number of H-pyrrole nitrogens is 1. The van der Waals surface area contributed by atoms with Gasteiger partial charge in [0.25, 0.3) is 5.91 Å². The average Bonchev–Trinajstić information content (AvgIpc) is 2.81. The van der Waals surface area contributed by atoms with Gasteiger partial charge in [0.15, 0.2) is 5.69 Å². The smallest absolute Gasteiger partial charge is 0.277 e. The van der Waals surface area contributed by atoms with Gasteiger partial charge in [-0.05, 0) is 12.1 Å². The van der Waals surface area contributed by atoms with Gasteiger partial charge >= 0.3 is 0 Å². The third-order valence-electron chi connectivity index (χ3n) is 2.16. The van der Waals surface area contributed by atoms with Crippen molar-refractivity contribution < 1.29 is 9.18 Å². The van der Waals surface area contributed by atoms with Crippen LogP contribution in [0.4, 0.5) is 10.1 Å². The fourth-order valence-electron chi connectivity index (χ4n) is 1.38. The Balaban J connectivity index is 2.32. The fraction of sp³-hybridized carbons (Fsp3) is 0. The van der Waals surface area contributed by atoms with Gasteiger partial charge < -0.3 is 11.1 Å². The number of benzene rings is 1. The van der Waals surface area contributed by atoms with E-state index in [1.807, 2.05) is 0 Å². The van der Waals surface area contributed by atoms with Crippen molar-refractivity contribution in [1.82, 2.24) is 15.4 Å². The number of nitrogens with zero attached hydrogens (tertiary/aromatic N) is 2. The lowest BCUT2D eigenvalue weighted by Crippen LogP contribution is -2.19. The number of nitrogens with two attached hydrogens (primary N) is 1. The maximum absolute atomic E-state index is 13.5. The van der Waals surface area contributed by atoms with Crippen LogP contribution in [0.1, 0.15) is 16.1 Å². The molecule has 0 aliphatic carbocycles. The molecule has 2 rings (SSSR count). The van der Waals surface area contributed by atoms with Crippen LogP contribution in [0.5, 0.6) is 0 Å². The monoisotopic (exact) mass is 265 g/mol. The Labute approximate surface area is 106 Å². The number of anilines is 1. The Morgan fingerprint density at radius 3 is 2.89 bits per heavy atom. The lowest BCUT2D eigenvalue weighted by atomic mass is 10.1. The predicted octanol–water partition coefficient (Wildman–Crippen LogP) is 0.830. The second kappa shape index (κ2) is 4.88. The van der Waals surface area contributed by atoms with Crippen LogP contribution >= 0.6 is 12.2 Å². The van der Waals surface area contributed by atoms with E-state index in [4.69, 9.17) is 18.0 Å². The largest absolute Gasteiger partial charge is 0.389 e. The first-order valence-corrected chi connectivity index (χ1v) is 5.26. The molecule has 2 aromatic rings. The van der Waals surface area contributed by atoms with Gasteiger partial charge in [-0.1, -0.05) is 18.3 Å². The second-order valence-electron chi connectivity index (χ2n) is 3.34. The Hall–Kier alpha value is -2.35. The molecule has 0 fully saturated rings. The quantitative estimate of drug-likeness (QED) is 0.714. The molecule has 0 aliphatic rings. The van der Waals surface area contributed by atoms with E-state index >= 15 is 0 Å². The van der Waals surface area contributed by atoms with Gasteiger partial charge in [-0.2, -0.15) is 15.4 Å². The van der Waals surface area contributed by atoms with Crippen molar-refractivity contribution in [1.29, 1.82) is 0 Å². The van der Waals surface area contributed by atoms with Gasteiger partial charge in [0.2, 0.25) is 0 Å². The number of carbonyl (C=O) groups excluding carboxylic acids is 1. The summed E-state index contributed by atoms with van der Waals surface area (Å²) in [6, 6.07) is 4.14. The topological polar surface area (TPSA) is 96.7 Å². The molecule has 0 atom stereocenters. The minimum atomic E-state index is -0.597. The van der Waals surface area contributed by atoms with Crippen molar-refractivity contribution in [2.24, 2.45) is 5.73 Å². The van der Waals surface area contributed by atoms with Crippen molar-refractivity contribution >= 4 is 28.8 Å². The molecular weight excluding hydrogens is 257 g/mol. The van der Waals surface area contributed by atoms with Gasteiger partial charge in [0, 0.05) is 0 Å². The summed E-state index contributed by atoms with van der Waals surface area (Å²) in [6.45, 7) is 0. The number of rotatable bonds is 3. The lowest BCUT2D eigenvalue weighted by molar-refractivity contribution is 0.102. The highest BCUT2D eigenvalue weighted by Crippen LogP contribution is 2.19. The number of hydrogen-bond donors (Lipinski definition) is 3. The average molecular weight is 265 g/mol. The summed E-state index contributed by atoms with van der Waals surface area (Å²) in [5, 5.41) is 11.9. The highest BCUT2D eigenvalue weighted by Gasteiger charge is 2.15. The third kappa shape index (κ3) is 2.33. The molecule has 18 heavy (non-hydrogen) atoms. The number of halogens is 1. The van der Waals surface area contributed by atoms with E-state index in [0.29, 0.717) is 0 Å². The van der Waals surface area contributed by atoms with Gasteiger partial charge in [-0.3, -0.25) is 4.79 Å². The molecule has 0 bridgehead atoms. The molecule has 0 saturated heterocycles. The van der Waals surface area contributed by atoms with Crippen LogP contribution < -0.4 is 11.1 Å². The Morgan fingerprint density at radius 1 is 1.50 bits per heavy atom. The first-order chi connectivity index (χ1) is 8.59. The minimum Gasteiger partial charge on any atom is -0.389 e. The Kier molecular flexibility index (Phi) is 3.28. The van der Waals surface area contributed by atoms with E-state index < -0.39 is 11.7 Å². The van der Waals surface area contributed by atoms with Crippen molar-refractivity contribution in [3.63, 3.8) is 0 Å². The molecule has 4 N–H and O–H groups in total. The van der Waals surface area contributed by atoms with E-state index in [2.05, 4.69) is 20.7 Å². The van der Waals surface area contributed by atoms with Gasteiger partial charge in [-0.25, -0.2) is 4.39 Å². The number of thiocarbonyl (C=S) groups is 1. The number of aromatic nitrogens is 3. The Bertz CT molecular complexity index is 598. The molecule has 1 aromatic carbocycles. The van der Waals surface area contributed by atoms with E-state index in [-0.39, 0.29) is 21.9 Å². The SMILES string of the molecule is NC(=S)c1c(F)cccc1NC(=O)c1cn[nH]n1. The molecule has 0 spiro atoms. The van der Waals surface area contributed by atoms with Gasteiger partial charge in [-0.15, -0.1) is 0 Å². The third-order valence-corrected chi connectivity index (χ3v) is 2.36. The summed E-state index contributed by atoms with van der Waals surface area (Å²) in [5.74, 6) is -1.13. The number of aromatic amines is 1. The van der Waals surface area contributed by atoms with Crippen LogP contribution in [0, 0.1) is 5.82 Å². The molecule has 6 nitrogen and oxygen atoms in total. The predicted molar refractivity (Wildman–Crippen MR) is 66.6 cm³/mol. The van der Waals surface area contributed by atoms with Gasteiger partial charge in [0.05, 0.1) is 17.4 Å². The van der Waals surface area contributed by atoms with Crippen LogP contribution in [-0.2, 0) is 0 Å². The van der Waals surface area contributed by atoms with Crippen LogP contribution in [0.3, 0.4) is 0 Å². The van der Waals surface area contributed by atoms with E-state index in [1.54, 1.807) is 0 Å². The molecule has 0 unspecified atom stereocenters. The lowest BCUT2D eigenvalue weighted by Gasteiger charge is -2.09. The zero-order chi connectivity index (χ0) is 13.1. The van der Waals surface area contributed by atoms with Crippen LogP contribution in [-0.4, -0.2) is 26.3 Å². The molecule has 92 valence electrons. The summed E-state index contributed by atoms with van der Waals surface area (Å²) in [4.78, 5) is 11.6. The zero-order valence-corrected chi connectivity index (χ0v) is 9.79. The van der Waals surface area contributed by atoms with E-state index in [0.717, 1.165) is 0 Å². The second-order valence-corrected chi connectivity index (χ2v) is 3.78. The van der Waals surface area contributed by atoms with Crippen molar-refractivity contribution in [2.75, 3.05) is 5.32 Å². The molecule has 8 heteroatoms. The summed E-state index contributed by atoms with van der Waals surface area (Å²) >= 11 is 4.74. The van der Waals surface area contributed by atoms with Crippen molar-refractivity contribution in [3.05, 3.63) is 41.5 Å². The highest BCUT2D eigenvalue weighted by atomic mass is 32.1. The summed E-state index contributed by atoms with van der Waals surface area (Å²) in [5.41, 5.74) is 5.67. The van der Waals surface area contributed by atoms with Crippen LogP contribution in [0.2, 0.25) is 0 Å². The normalized spacial score (nSPS) is 10.1. The number of hydrogen-bond acceptors (Lipinski definition) is 4. The molecule has 1 aromatic heterocycles. The number of amides is 1. The first-order valence-electron chi connectivity index (χ1n) is 4.85. The fourth-order valence-corrected chi connectivity index (χ4v) is 1.58. The summed E-state index contributed by atoms with van der Waals surface area (Å²) in [6.07, 6.45) is 1.25. The summed E-state index contributed by atoms with van der Waals surface area (Å²) in [7, 11) is 0. The molecule has 0 saturated carbocycles. The molecule has 0 aliphatic heterocycles. The van der Waals surface area contributed by atoms with Crippen LogP contribution in [0.25, 0.3) is 0 Å². The molecule has 0 radical (unpaired) electrons. The maximum atomic E-state index is 13.5. The van der Waals surface area contributed by atoms with Gasteiger partial charge in [0.1, 0.15) is 10.8 Å². The van der Waals surface area contributed by atoms with Crippen molar-refractivity contribution in [2.45, 2.75) is 0 Å². The first kappa shape index (κ1) is 12.1. The molecule has 1 amide bonds.